The number of aromatic nitrogens is 1. The van der Waals surface area contributed by atoms with Gasteiger partial charge in [-0.1, -0.05) is 36.4 Å². The lowest BCUT2D eigenvalue weighted by Gasteiger charge is -2.19. The van der Waals surface area contributed by atoms with Crippen molar-refractivity contribution in [2.45, 2.75) is 25.8 Å². The third-order valence-electron chi connectivity index (χ3n) is 5.22. The van der Waals surface area contributed by atoms with Crippen LogP contribution in [0.2, 0.25) is 0 Å². The van der Waals surface area contributed by atoms with E-state index in [2.05, 4.69) is 45.5 Å². The summed E-state index contributed by atoms with van der Waals surface area (Å²) in [6.07, 6.45) is 4.84. The fourth-order valence-corrected chi connectivity index (χ4v) is 3.58. The van der Waals surface area contributed by atoms with Crippen molar-refractivity contribution >= 4 is 6.03 Å². The normalized spacial score (nSPS) is 17.0. The van der Waals surface area contributed by atoms with Gasteiger partial charge in [0, 0.05) is 51.5 Å². The Morgan fingerprint density at radius 2 is 2.04 bits per heavy atom. The van der Waals surface area contributed by atoms with Gasteiger partial charge in [0.15, 0.2) is 0 Å². The van der Waals surface area contributed by atoms with E-state index in [0.717, 1.165) is 44.7 Å². The zero-order chi connectivity index (χ0) is 18.9. The maximum absolute atomic E-state index is 12.2. The molecule has 1 unspecified atom stereocenters. The minimum absolute atomic E-state index is 0.00469. The molecule has 27 heavy (non-hydrogen) atoms. The summed E-state index contributed by atoms with van der Waals surface area (Å²) in [5, 5.41) is 3.06. The predicted octanol–water partition coefficient (Wildman–Crippen LogP) is 3.18. The van der Waals surface area contributed by atoms with Crippen LogP contribution in [0.1, 0.15) is 24.1 Å². The van der Waals surface area contributed by atoms with E-state index in [1.54, 1.807) is 11.1 Å². The number of benzene rings is 1. The highest BCUT2D eigenvalue weighted by molar-refractivity contribution is 5.73. The number of amides is 2. The second-order valence-corrected chi connectivity index (χ2v) is 7.39. The molecule has 3 rings (SSSR count). The van der Waals surface area contributed by atoms with E-state index in [1.165, 1.54) is 12.0 Å². The van der Waals surface area contributed by atoms with Gasteiger partial charge >= 0.3 is 6.03 Å². The number of likely N-dealkylation sites (N-methyl/N-ethyl adjacent to an activating group) is 1. The van der Waals surface area contributed by atoms with Crippen LogP contribution in [0.5, 0.6) is 0 Å². The number of rotatable bonds is 8. The molecular formula is C22H30N4O. The number of nitrogens with one attached hydrogen (secondary N) is 1. The van der Waals surface area contributed by atoms with Crippen LogP contribution in [0.3, 0.4) is 0 Å². The molecule has 1 N–H and O–H groups in total. The summed E-state index contributed by atoms with van der Waals surface area (Å²) in [6, 6.07) is 16.5. The van der Waals surface area contributed by atoms with Gasteiger partial charge in [-0.15, -0.1) is 0 Å². The molecule has 1 fully saturated rings. The molecule has 2 heterocycles. The summed E-state index contributed by atoms with van der Waals surface area (Å²) in [7, 11) is 1.84. The summed E-state index contributed by atoms with van der Waals surface area (Å²) in [5.74, 6) is 0.674. The van der Waals surface area contributed by atoms with Gasteiger partial charge in [-0.25, -0.2) is 4.79 Å². The largest absolute Gasteiger partial charge is 0.338 e. The van der Waals surface area contributed by atoms with E-state index in [9.17, 15) is 4.79 Å². The molecule has 144 valence electrons. The molecule has 0 aliphatic carbocycles. The Kier molecular flexibility index (Phi) is 7.22. The van der Waals surface area contributed by atoms with Gasteiger partial charge in [0.25, 0.3) is 0 Å². The van der Waals surface area contributed by atoms with Crippen LogP contribution < -0.4 is 5.32 Å². The van der Waals surface area contributed by atoms with E-state index in [-0.39, 0.29) is 6.03 Å². The summed E-state index contributed by atoms with van der Waals surface area (Å²) in [5.41, 5.74) is 2.39. The second kappa shape index (κ2) is 10.1. The number of pyridine rings is 1. The van der Waals surface area contributed by atoms with E-state index >= 15 is 0 Å². The van der Waals surface area contributed by atoms with Crippen LogP contribution >= 0.6 is 0 Å². The molecule has 1 saturated heterocycles. The first kappa shape index (κ1) is 19.4. The number of urea groups is 1. The van der Waals surface area contributed by atoms with E-state index < -0.39 is 0 Å². The molecule has 2 amide bonds. The zero-order valence-corrected chi connectivity index (χ0v) is 16.2. The minimum atomic E-state index is 0.00469. The highest BCUT2D eigenvalue weighted by Gasteiger charge is 2.22. The van der Waals surface area contributed by atoms with Crippen LogP contribution in [0, 0.1) is 5.92 Å². The molecule has 1 atom stereocenters. The molecule has 5 nitrogen and oxygen atoms in total. The third-order valence-corrected chi connectivity index (χ3v) is 5.22. The first-order chi connectivity index (χ1) is 13.2. The average Bonchev–Trinajstić information content (AvgIpc) is 3.14. The Hall–Kier alpha value is -2.40. The number of carbonyl (C=O) groups is 1. The summed E-state index contributed by atoms with van der Waals surface area (Å²) in [4.78, 5) is 20.8. The number of hydrogen-bond donors (Lipinski definition) is 1. The monoisotopic (exact) mass is 366 g/mol. The zero-order valence-electron chi connectivity index (χ0n) is 16.2. The van der Waals surface area contributed by atoms with Crippen molar-refractivity contribution < 1.29 is 4.79 Å². The second-order valence-electron chi connectivity index (χ2n) is 7.39. The Bertz CT molecular complexity index is 692. The molecule has 0 saturated carbocycles. The van der Waals surface area contributed by atoms with Crippen LogP contribution in [0.25, 0.3) is 0 Å². The molecule has 2 aromatic rings. The number of carbonyl (C=O) groups excluding carboxylic acids is 1. The van der Waals surface area contributed by atoms with Crippen molar-refractivity contribution in [3.05, 3.63) is 66.0 Å². The van der Waals surface area contributed by atoms with Crippen LogP contribution in [0.4, 0.5) is 4.79 Å². The Labute approximate surface area is 162 Å². The van der Waals surface area contributed by atoms with Gasteiger partial charge in [-0.3, -0.25) is 9.88 Å². The molecule has 1 aromatic carbocycles. The van der Waals surface area contributed by atoms with E-state index in [0.29, 0.717) is 12.5 Å². The number of likely N-dealkylation sites (tertiary alicyclic amines) is 1. The Morgan fingerprint density at radius 1 is 1.22 bits per heavy atom. The van der Waals surface area contributed by atoms with Gasteiger partial charge in [-0.05, 0) is 43.0 Å². The van der Waals surface area contributed by atoms with Crippen molar-refractivity contribution in [3.63, 3.8) is 0 Å². The summed E-state index contributed by atoms with van der Waals surface area (Å²) in [6.45, 7) is 4.73. The molecule has 0 spiro atoms. The Morgan fingerprint density at radius 3 is 2.81 bits per heavy atom. The quantitative estimate of drug-likeness (QED) is 0.781. The van der Waals surface area contributed by atoms with E-state index in [1.807, 2.05) is 25.2 Å². The first-order valence-corrected chi connectivity index (χ1v) is 9.86. The van der Waals surface area contributed by atoms with Crippen LogP contribution in [0.15, 0.2) is 54.7 Å². The fourth-order valence-electron chi connectivity index (χ4n) is 3.58. The minimum Gasteiger partial charge on any atom is -0.338 e. The number of hydrogen-bond acceptors (Lipinski definition) is 3. The topological polar surface area (TPSA) is 48.5 Å². The standard InChI is InChI=1S/C22H30N4O/c1-25(15-12-21-9-5-6-13-23-21)22(27)24-14-10-20-11-16-26(18-20)17-19-7-3-2-4-8-19/h2-9,13,20H,10-12,14-18H2,1H3,(H,24,27). The lowest BCUT2D eigenvalue weighted by Crippen LogP contribution is -2.39. The Balaban J connectivity index is 1.30. The lowest BCUT2D eigenvalue weighted by atomic mass is 10.1. The van der Waals surface area contributed by atoms with Crippen molar-refractivity contribution in [3.8, 4) is 0 Å². The maximum atomic E-state index is 12.2. The van der Waals surface area contributed by atoms with Gasteiger partial charge in [0.2, 0.25) is 0 Å². The van der Waals surface area contributed by atoms with Crippen molar-refractivity contribution in [1.82, 2.24) is 20.1 Å². The fraction of sp³-hybridized carbons (Fsp3) is 0.455. The molecular weight excluding hydrogens is 336 g/mol. The van der Waals surface area contributed by atoms with Crippen molar-refractivity contribution in [2.75, 3.05) is 33.2 Å². The summed E-state index contributed by atoms with van der Waals surface area (Å²) < 4.78 is 0. The summed E-state index contributed by atoms with van der Waals surface area (Å²) >= 11 is 0. The van der Waals surface area contributed by atoms with E-state index in [4.69, 9.17) is 0 Å². The smallest absolute Gasteiger partial charge is 0.317 e. The molecule has 1 aliphatic rings. The molecule has 1 aromatic heterocycles. The van der Waals surface area contributed by atoms with Gasteiger partial charge in [0.05, 0.1) is 0 Å². The average molecular weight is 367 g/mol. The predicted molar refractivity (Wildman–Crippen MR) is 108 cm³/mol. The highest BCUT2D eigenvalue weighted by atomic mass is 16.2. The van der Waals surface area contributed by atoms with Gasteiger partial charge < -0.3 is 10.2 Å². The first-order valence-electron chi connectivity index (χ1n) is 9.86. The van der Waals surface area contributed by atoms with Crippen molar-refractivity contribution in [2.24, 2.45) is 5.92 Å². The van der Waals surface area contributed by atoms with Crippen LogP contribution in [-0.2, 0) is 13.0 Å². The van der Waals surface area contributed by atoms with Gasteiger partial charge in [0.1, 0.15) is 0 Å². The van der Waals surface area contributed by atoms with Crippen molar-refractivity contribution in [1.29, 1.82) is 0 Å². The third kappa shape index (κ3) is 6.36. The highest BCUT2D eigenvalue weighted by Crippen LogP contribution is 2.21. The lowest BCUT2D eigenvalue weighted by molar-refractivity contribution is 0.208. The maximum Gasteiger partial charge on any atom is 0.317 e. The molecule has 0 bridgehead atoms. The number of nitrogens with zero attached hydrogens (tertiary/aromatic N) is 3. The SMILES string of the molecule is CN(CCc1ccccn1)C(=O)NCCC1CCN(Cc2ccccc2)C1. The molecule has 0 radical (unpaired) electrons. The van der Waals surface area contributed by atoms with Crippen LogP contribution in [-0.4, -0.2) is 54.0 Å². The van der Waals surface area contributed by atoms with Gasteiger partial charge in [-0.2, -0.15) is 0 Å². The molecule has 1 aliphatic heterocycles. The molecule has 5 heteroatoms.